The van der Waals surface area contributed by atoms with E-state index in [4.69, 9.17) is 23.2 Å². The van der Waals surface area contributed by atoms with Crippen LogP contribution in [0.4, 0.5) is 5.69 Å². The van der Waals surface area contributed by atoms with Crippen LogP contribution in [0.2, 0.25) is 10.2 Å². The predicted molar refractivity (Wildman–Crippen MR) is 108 cm³/mol. The molecule has 0 unspecified atom stereocenters. The maximum Gasteiger partial charge on any atom is 0.274 e. The lowest BCUT2D eigenvalue weighted by atomic mass is 10.0. The minimum atomic E-state index is -0.496. The molecule has 3 rings (SSSR count). The number of halogens is 3. The number of ketones is 1. The fraction of sp³-hybridized carbons (Fsp3) is 0.111. The SMILES string of the molecule is CC(=O)c1cc(Br)cc(C)c1NC(=O)c1cc(Cl)nn1-c1ncccc1Cl. The molecule has 0 aliphatic rings. The highest BCUT2D eigenvalue weighted by atomic mass is 79.9. The van der Waals surface area contributed by atoms with Crippen molar-refractivity contribution in [3.05, 3.63) is 68.0 Å². The number of rotatable bonds is 4. The quantitative estimate of drug-likeness (QED) is 0.541. The van der Waals surface area contributed by atoms with E-state index < -0.39 is 5.91 Å². The molecule has 0 saturated heterocycles. The van der Waals surface area contributed by atoms with Crippen molar-refractivity contribution in [2.45, 2.75) is 13.8 Å². The summed E-state index contributed by atoms with van der Waals surface area (Å²) in [5.41, 5.74) is 1.68. The normalized spacial score (nSPS) is 10.7. The summed E-state index contributed by atoms with van der Waals surface area (Å²) in [6.45, 7) is 3.23. The van der Waals surface area contributed by atoms with E-state index in [0.29, 0.717) is 16.3 Å². The summed E-state index contributed by atoms with van der Waals surface area (Å²) in [6.07, 6.45) is 1.53. The zero-order valence-corrected chi connectivity index (χ0v) is 17.4. The minimum Gasteiger partial charge on any atom is -0.320 e. The molecule has 0 atom stereocenters. The van der Waals surface area contributed by atoms with E-state index in [1.54, 1.807) is 25.1 Å². The van der Waals surface area contributed by atoms with Crippen molar-refractivity contribution < 1.29 is 9.59 Å². The van der Waals surface area contributed by atoms with Gasteiger partial charge in [0.15, 0.2) is 16.8 Å². The molecule has 1 amide bonds. The van der Waals surface area contributed by atoms with Gasteiger partial charge in [-0.1, -0.05) is 39.1 Å². The Labute approximate surface area is 173 Å². The first kappa shape index (κ1) is 19.5. The van der Waals surface area contributed by atoms with Crippen molar-refractivity contribution in [1.29, 1.82) is 0 Å². The molecule has 0 bridgehead atoms. The molecule has 27 heavy (non-hydrogen) atoms. The Kier molecular flexibility index (Phi) is 5.64. The van der Waals surface area contributed by atoms with Gasteiger partial charge in [0.05, 0.1) is 10.7 Å². The van der Waals surface area contributed by atoms with Crippen LogP contribution in [0.5, 0.6) is 0 Å². The molecule has 2 heterocycles. The van der Waals surface area contributed by atoms with Crippen LogP contribution in [0.1, 0.15) is 33.3 Å². The van der Waals surface area contributed by atoms with Crippen LogP contribution in [-0.2, 0) is 0 Å². The lowest BCUT2D eigenvalue weighted by molar-refractivity contribution is 0.101. The third-order valence-corrected chi connectivity index (χ3v) is 4.71. The number of nitrogens with one attached hydrogen (secondary N) is 1. The molecule has 0 fully saturated rings. The molecule has 3 aromatic rings. The van der Waals surface area contributed by atoms with Crippen molar-refractivity contribution in [3.63, 3.8) is 0 Å². The van der Waals surface area contributed by atoms with Gasteiger partial charge in [0.2, 0.25) is 0 Å². The molecule has 1 aromatic carbocycles. The summed E-state index contributed by atoms with van der Waals surface area (Å²) in [4.78, 5) is 29.1. The number of carbonyl (C=O) groups excluding carboxylic acids is 2. The maximum absolute atomic E-state index is 12.9. The van der Waals surface area contributed by atoms with Crippen molar-refractivity contribution in [2.75, 3.05) is 5.32 Å². The number of aryl methyl sites for hydroxylation is 1. The van der Waals surface area contributed by atoms with Crippen LogP contribution in [0, 0.1) is 6.92 Å². The van der Waals surface area contributed by atoms with Crippen LogP contribution in [0.3, 0.4) is 0 Å². The lowest BCUT2D eigenvalue weighted by Gasteiger charge is -2.14. The fourth-order valence-electron chi connectivity index (χ4n) is 2.57. The standard InChI is InChI=1S/C18H13BrCl2N4O2/c1-9-6-11(19)7-12(10(2)26)16(9)23-18(27)14-8-15(21)24-25(14)17-13(20)4-3-5-22-17/h3-8H,1-2H3,(H,23,27). The van der Waals surface area contributed by atoms with Crippen molar-refractivity contribution >= 4 is 56.5 Å². The Hall–Kier alpha value is -2.22. The topological polar surface area (TPSA) is 76.9 Å². The average molecular weight is 468 g/mol. The molecule has 0 spiro atoms. The lowest BCUT2D eigenvalue weighted by Crippen LogP contribution is -2.19. The molecule has 1 N–H and O–H groups in total. The predicted octanol–water partition coefficient (Wildman–Crippen LogP) is 5.10. The second-order valence-corrected chi connectivity index (χ2v) is 7.44. The van der Waals surface area contributed by atoms with E-state index in [1.165, 1.54) is 23.9 Å². The van der Waals surface area contributed by atoms with Gasteiger partial charge in [0, 0.05) is 22.3 Å². The molecule has 0 aliphatic heterocycles. The Balaban J connectivity index is 2.05. The number of hydrogen-bond donors (Lipinski definition) is 1. The summed E-state index contributed by atoms with van der Waals surface area (Å²) in [5, 5.41) is 7.30. The first-order valence-electron chi connectivity index (χ1n) is 7.77. The van der Waals surface area contributed by atoms with E-state index in [2.05, 4.69) is 31.3 Å². The molecule has 0 saturated carbocycles. The summed E-state index contributed by atoms with van der Waals surface area (Å²) in [5.74, 6) is -0.395. The van der Waals surface area contributed by atoms with Gasteiger partial charge in [0.1, 0.15) is 5.69 Å². The molecule has 2 aromatic heterocycles. The van der Waals surface area contributed by atoms with Gasteiger partial charge >= 0.3 is 0 Å². The molecular weight excluding hydrogens is 455 g/mol. The van der Waals surface area contributed by atoms with Gasteiger partial charge < -0.3 is 5.32 Å². The van der Waals surface area contributed by atoms with Gasteiger partial charge in [-0.25, -0.2) is 9.67 Å². The Morgan fingerprint density at radius 1 is 1.22 bits per heavy atom. The van der Waals surface area contributed by atoms with Crippen LogP contribution >= 0.6 is 39.1 Å². The number of hydrogen-bond acceptors (Lipinski definition) is 4. The van der Waals surface area contributed by atoms with Gasteiger partial charge in [0.25, 0.3) is 5.91 Å². The largest absolute Gasteiger partial charge is 0.320 e. The number of carbonyl (C=O) groups is 2. The number of benzene rings is 1. The molecule has 0 radical (unpaired) electrons. The second kappa shape index (κ2) is 7.80. The second-order valence-electron chi connectivity index (χ2n) is 5.73. The van der Waals surface area contributed by atoms with Crippen LogP contribution in [0.25, 0.3) is 5.82 Å². The highest BCUT2D eigenvalue weighted by Crippen LogP contribution is 2.28. The number of nitrogens with zero attached hydrogens (tertiary/aromatic N) is 3. The number of aromatic nitrogens is 3. The molecule has 6 nitrogen and oxygen atoms in total. The third-order valence-electron chi connectivity index (χ3n) is 3.77. The smallest absolute Gasteiger partial charge is 0.274 e. The first-order valence-corrected chi connectivity index (χ1v) is 9.31. The van der Waals surface area contributed by atoms with E-state index in [9.17, 15) is 9.59 Å². The van der Waals surface area contributed by atoms with Gasteiger partial charge in [-0.3, -0.25) is 9.59 Å². The molecule has 9 heteroatoms. The maximum atomic E-state index is 12.9. The first-order chi connectivity index (χ1) is 12.8. The minimum absolute atomic E-state index is 0.112. The number of amides is 1. The molecule has 0 aliphatic carbocycles. The summed E-state index contributed by atoms with van der Waals surface area (Å²) in [6, 6.07) is 8.17. The summed E-state index contributed by atoms with van der Waals surface area (Å²) in [7, 11) is 0. The van der Waals surface area contributed by atoms with Crippen LogP contribution in [0.15, 0.2) is 41.0 Å². The Morgan fingerprint density at radius 2 is 1.96 bits per heavy atom. The molecule has 138 valence electrons. The third kappa shape index (κ3) is 4.05. The van der Waals surface area contributed by atoms with Crippen molar-refractivity contribution in [2.24, 2.45) is 0 Å². The zero-order valence-electron chi connectivity index (χ0n) is 14.3. The monoisotopic (exact) mass is 466 g/mol. The van der Waals surface area contributed by atoms with Gasteiger partial charge in [-0.05, 0) is 43.7 Å². The fourth-order valence-corrected chi connectivity index (χ4v) is 3.53. The van der Waals surface area contributed by atoms with Gasteiger partial charge in [-0.2, -0.15) is 5.10 Å². The average Bonchev–Trinajstić information content (AvgIpc) is 2.99. The van der Waals surface area contributed by atoms with E-state index in [-0.39, 0.29) is 22.4 Å². The van der Waals surface area contributed by atoms with Crippen molar-refractivity contribution in [3.8, 4) is 5.82 Å². The number of pyridine rings is 1. The molecular formula is C18H13BrCl2N4O2. The number of anilines is 1. The van der Waals surface area contributed by atoms with E-state index >= 15 is 0 Å². The Bertz CT molecular complexity index is 1070. The van der Waals surface area contributed by atoms with E-state index in [1.807, 2.05) is 6.07 Å². The van der Waals surface area contributed by atoms with E-state index in [0.717, 1.165) is 10.0 Å². The highest BCUT2D eigenvalue weighted by molar-refractivity contribution is 9.10. The van der Waals surface area contributed by atoms with Crippen LogP contribution in [-0.4, -0.2) is 26.5 Å². The Morgan fingerprint density at radius 3 is 2.63 bits per heavy atom. The van der Waals surface area contributed by atoms with Crippen molar-refractivity contribution in [1.82, 2.24) is 14.8 Å². The summed E-state index contributed by atoms with van der Waals surface area (Å²) >= 11 is 15.5. The summed E-state index contributed by atoms with van der Waals surface area (Å²) < 4.78 is 2.01. The highest BCUT2D eigenvalue weighted by Gasteiger charge is 2.21. The van der Waals surface area contributed by atoms with Gasteiger partial charge in [-0.15, -0.1) is 0 Å². The number of Topliss-reactive ketones (excluding diaryl/α,β-unsaturated/α-hetero) is 1. The van der Waals surface area contributed by atoms with Crippen LogP contribution < -0.4 is 5.32 Å². The zero-order chi connectivity index (χ0) is 19.7.